The highest BCUT2D eigenvalue weighted by Gasteiger charge is 2.18. The number of hydrogen-bond acceptors (Lipinski definition) is 5. The van der Waals surface area contributed by atoms with Gasteiger partial charge in [0, 0.05) is 20.1 Å². The van der Waals surface area contributed by atoms with E-state index in [0.717, 1.165) is 44.4 Å². The Labute approximate surface area is 117 Å². The second kappa shape index (κ2) is 8.17. The molecule has 0 atom stereocenters. The molecule has 0 aromatic heterocycles. The van der Waals surface area contributed by atoms with Crippen LogP contribution in [0.3, 0.4) is 0 Å². The fourth-order valence-electron chi connectivity index (χ4n) is 1.96. The van der Waals surface area contributed by atoms with Gasteiger partial charge >= 0.3 is 0 Å². The summed E-state index contributed by atoms with van der Waals surface area (Å²) >= 11 is 0. The Morgan fingerprint density at radius 2 is 1.26 bits per heavy atom. The van der Waals surface area contributed by atoms with E-state index in [4.69, 9.17) is 0 Å². The topological polar surface area (TPSA) is 42.9 Å². The molecule has 2 N–H and O–H groups in total. The van der Waals surface area contributed by atoms with Crippen molar-refractivity contribution >= 4 is 11.4 Å². The summed E-state index contributed by atoms with van der Waals surface area (Å²) in [5.41, 5.74) is 2.43. The number of rotatable bonds is 10. The molecular weight excluding hydrogens is 238 g/mol. The second-order valence-electron chi connectivity index (χ2n) is 5.49. The summed E-state index contributed by atoms with van der Waals surface area (Å²) in [6.07, 6.45) is 2.31. The number of hydrogen-bond donors (Lipinski definition) is 2. The summed E-state index contributed by atoms with van der Waals surface area (Å²) in [6, 6.07) is 0. The third-order valence-corrected chi connectivity index (χ3v) is 3.05. The molecule has 0 aliphatic heterocycles. The molecule has 1 rings (SSSR count). The second-order valence-corrected chi connectivity index (χ2v) is 5.49. The van der Waals surface area contributed by atoms with Gasteiger partial charge in [0.05, 0.1) is 11.4 Å². The summed E-state index contributed by atoms with van der Waals surface area (Å²) in [5.74, 6) is 0. The zero-order chi connectivity index (χ0) is 14.3. The standard InChI is InChI=1S/C14H29N5/c1-15-12-13(16-8-6-10-18(2)3)14(12)17-9-7-11-19(4)5/h16-17H,6-11H2,1-5H3. The lowest BCUT2D eigenvalue weighted by atomic mass is 10.4. The van der Waals surface area contributed by atoms with Crippen molar-refractivity contribution in [2.75, 3.05) is 72.1 Å². The molecule has 0 radical (unpaired) electrons. The molecule has 0 fully saturated rings. The van der Waals surface area contributed by atoms with E-state index in [-0.39, 0.29) is 0 Å². The molecule has 0 heterocycles. The zero-order valence-corrected chi connectivity index (χ0v) is 13.1. The van der Waals surface area contributed by atoms with Crippen LogP contribution in [-0.4, -0.2) is 71.2 Å². The molecule has 0 aliphatic carbocycles. The first-order chi connectivity index (χ1) is 9.06. The van der Waals surface area contributed by atoms with Crippen LogP contribution in [-0.2, 0) is 0 Å². The van der Waals surface area contributed by atoms with Gasteiger partial charge in [-0.3, -0.25) is 4.99 Å². The Kier molecular flexibility index (Phi) is 6.87. The molecule has 0 spiro atoms. The average Bonchev–Trinajstić information content (AvgIpc) is 3.02. The molecule has 1 aromatic rings. The van der Waals surface area contributed by atoms with Crippen molar-refractivity contribution in [1.82, 2.24) is 9.80 Å². The van der Waals surface area contributed by atoms with Gasteiger partial charge in [-0.25, -0.2) is 0 Å². The Hall–Kier alpha value is -1.07. The van der Waals surface area contributed by atoms with Gasteiger partial charge in [-0.05, 0) is 54.1 Å². The highest BCUT2D eigenvalue weighted by Crippen LogP contribution is 2.23. The van der Waals surface area contributed by atoms with E-state index in [1.165, 1.54) is 11.4 Å². The van der Waals surface area contributed by atoms with Crippen molar-refractivity contribution < 1.29 is 0 Å². The van der Waals surface area contributed by atoms with Gasteiger partial charge in [-0.2, -0.15) is 0 Å². The van der Waals surface area contributed by atoms with Crippen LogP contribution >= 0.6 is 0 Å². The third kappa shape index (κ3) is 6.07. The SMILES string of the molecule is CN=c1c(NCCCN(C)C)c1NCCCN(C)C. The normalized spacial score (nSPS) is 11.5. The lowest BCUT2D eigenvalue weighted by Crippen LogP contribution is -2.16. The molecular formula is C14H29N5. The molecule has 0 amide bonds. The van der Waals surface area contributed by atoms with E-state index in [2.05, 4.69) is 53.6 Å². The third-order valence-electron chi connectivity index (χ3n) is 3.05. The van der Waals surface area contributed by atoms with Crippen LogP contribution in [0.2, 0.25) is 0 Å². The fourth-order valence-corrected chi connectivity index (χ4v) is 1.96. The van der Waals surface area contributed by atoms with Crippen LogP contribution in [0.25, 0.3) is 0 Å². The Balaban J connectivity index is 2.21. The number of nitrogens with one attached hydrogen (secondary N) is 2. The predicted octanol–water partition coefficient (Wildman–Crippen LogP) is 0.820. The monoisotopic (exact) mass is 267 g/mol. The van der Waals surface area contributed by atoms with Crippen LogP contribution in [0.4, 0.5) is 11.4 Å². The van der Waals surface area contributed by atoms with Gasteiger partial charge in [0.2, 0.25) is 0 Å². The van der Waals surface area contributed by atoms with E-state index in [9.17, 15) is 0 Å². The summed E-state index contributed by atoms with van der Waals surface area (Å²) in [6.45, 7) is 4.25. The molecule has 5 heteroatoms. The van der Waals surface area contributed by atoms with Gasteiger partial charge < -0.3 is 20.4 Å². The van der Waals surface area contributed by atoms with E-state index < -0.39 is 0 Å². The van der Waals surface area contributed by atoms with Crippen molar-refractivity contribution in [2.45, 2.75) is 12.8 Å². The van der Waals surface area contributed by atoms with E-state index in [0.29, 0.717) is 0 Å². The maximum atomic E-state index is 4.29. The number of nitrogens with zero attached hydrogens (tertiary/aromatic N) is 3. The molecule has 0 saturated heterocycles. The van der Waals surface area contributed by atoms with Crippen LogP contribution in [0, 0.1) is 0 Å². The molecule has 19 heavy (non-hydrogen) atoms. The van der Waals surface area contributed by atoms with Gasteiger partial charge in [0.25, 0.3) is 0 Å². The van der Waals surface area contributed by atoms with Crippen molar-refractivity contribution in [2.24, 2.45) is 4.99 Å². The first kappa shape index (κ1) is 16.0. The summed E-state index contributed by atoms with van der Waals surface area (Å²) in [5, 5.41) is 8.04. The van der Waals surface area contributed by atoms with Crippen LogP contribution in [0.5, 0.6) is 0 Å². The van der Waals surface area contributed by atoms with E-state index >= 15 is 0 Å². The van der Waals surface area contributed by atoms with Crippen LogP contribution in [0.1, 0.15) is 12.8 Å². The average molecular weight is 267 g/mol. The summed E-state index contributed by atoms with van der Waals surface area (Å²) in [4.78, 5) is 8.70. The minimum atomic E-state index is 1.01. The molecule has 110 valence electrons. The first-order valence-corrected chi connectivity index (χ1v) is 7.05. The van der Waals surface area contributed by atoms with Crippen LogP contribution in [0.15, 0.2) is 4.99 Å². The smallest absolute Gasteiger partial charge is 0.108 e. The molecule has 5 nitrogen and oxygen atoms in total. The highest BCUT2D eigenvalue weighted by atomic mass is 15.1. The van der Waals surface area contributed by atoms with Gasteiger partial charge in [-0.1, -0.05) is 0 Å². The molecule has 0 aliphatic rings. The molecule has 0 unspecified atom stereocenters. The first-order valence-electron chi connectivity index (χ1n) is 7.05. The maximum Gasteiger partial charge on any atom is 0.108 e. The fraction of sp³-hybridized carbons (Fsp3) is 0.786. The van der Waals surface area contributed by atoms with E-state index in [1.54, 1.807) is 0 Å². The lowest BCUT2D eigenvalue weighted by Gasteiger charge is -2.09. The minimum Gasteiger partial charge on any atom is -0.381 e. The Bertz CT molecular complexity index is 343. The maximum absolute atomic E-state index is 4.29. The minimum absolute atomic E-state index is 1.01. The van der Waals surface area contributed by atoms with Gasteiger partial charge in [0.15, 0.2) is 0 Å². The van der Waals surface area contributed by atoms with Gasteiger partial charge in [0.1, 0.15) is 5.36 Å². The quantitative estimate of drug-likeness (QED) is 0.616. The van der Waals surface area contributed by atoms with E-state index in [1.807, 2.05) is 7.05 Å². The van der Waals surface area contributed by atoms with Crippen molar-refractivity contribution in [3.05, 3.63) is 5.36 Å². The zero-order valence-electron chi connectivity index (χ0n) is 13.1. The Morgan fingerprint density at radius 3 is 1.58 bits per heavy atom. The predicted molar refractivity (Wildman–Crippen MR) is 83.6 cm³/mol. The molecule has 1 aromatic carbocycles. The molecule has 0 saturated carbocycles. The van der Waals surface area contributed by atoms with Gasteiger partial charge in [-0.15, -0.1) is 0 Å². The molecule has 0 bridgehead atoms. The Morgan fingerprint density at radius 1 is 0.842 bits per heavy atom. The summed E-state index contributed by atoms with van der Waals surface area (Å²) < 4.78 is 0. The summed E-state index contributed by atoms with van der Waals surface area (Å²) in [7, 11) is 10.3. The lowest BCUT2D eigenvalue weighted by molar-refractivity contribution is 0.405. The van der Waals surface area contributed by atoms with Crippen molar-refractivity contribution in [3.63, 3.8) is 0 Å². The number of anilines is 2. The van der Waals surface area contributed by atoms with Crippen molar-refractivity contribution in [3.8, 4) is 0 Å². The highest BCUT2D eigenvalue weighted by molar-refractivity contribution is 5.82. The largest absolute Gasteiger partial charge is 0.381 e. The van der Waals surface area contributed by atoms with Crippen molar-refractivity contribution in [1.29, 1.82) is 0 Å². The van der Waals surface area contributed by atoms with Crippen LogP contribution < -0.4 is 16.0 Å².